The molecule has 2 N–H and O–H groups in total. The summed E-state index contributed by atoms with van der Waals surface area (Å²) in [5.41, 5.74) is 5.50. The molecule has 0 amide bonds. The standard InChI is InChI=1S/C12H24N4O3Si/c1-5-10(11-14-9-15-12(13)16-11)20(17-6-2,18-7-3)19-8-4/h9-10H,5-8H2,1-4H3,(H2,13,14,15,16). The van der Waals surface area contributed by atoms with Crippen molar-refractivity contribution >= 4 is 14.8 Å². The summed E-state index contributed by atoms with van der Waals surface area (Å²) in [5, 5.41) is 0. The Bertz CT molecular complexity index is 391. The van der Waals surface area contributed by atoms with E-state index in [9.17, 15) is 0 Å². The average Bonchev–Trinajstić information content (AvgIpc) is 2.40. The zero-order chi connectivity index (χ0) is 15.0. The fourth-order valence-corrected chi connectivity index (χ4v) is 5.13. The van der Waals surface area contributed by atoms with Crippen LogP contribution in [-0.2, 0) is 13.3 Å². The summed E-state index contributed by atoms with van der Waals surface area (Å²) >= 11 is 0. The van der Waals surface area contributed by atoms with E-state index >= 15 is 0 Å². The largest absolute Gasteiger partial charge is 0.512 e. The van der Waals surface area contributed by atoms with Crippen LogP contribution in [0.15, 0.2) is 6.33 Å². The zero-order valence-electron chi connectivity index (χ0n) is 12.6. The molecule has 1 atom stereocenters. The van der Waals surface area contributed by atoms with Crippen LogP contribution in [0.1, 0.15) is 45.5 Å². The molecule has 7 nitrogen and oxygen atoms in total. The third-order valence-electron chi connectivity index (χ3n) is 2.79. The smallest absolute Gasteiger partial charge is 0.373 e. The molecule has 8 heteroatoms. The lowest BCUT2D eigenvalue weighted by Crippen LogP contribution is -2.52. The van der Waals surface area contributed by atoms with E-state index in [4.69, 9.17) is 19.0 Å². The van der Waals surface area contributed by atoms with E-state index in [2.05, 4.69) is 15.0 Å². The molecule has 0 fully saturated rings. The lowest BCUT2D eigenvalue weighted by molar-refractivity contribution is 0.0603. The molecule has 0 spiro atoms. The third-order valence-corrected chi connectivity index (χ3v) is 6.39. The monoisotopic (exact) mass is 300 g/mol. The Hall–Kier alpha value is -1.09. The van der Waals surface area contributed by atoms with E-state index in [1.165, 1.54) is 6.33 Å². The van der Waals surface area contributed by atoms with Crippen LogP contribution in [0.5, 0.6) is 0 Å². The maximum Gasteiger partial charge on any atom is 0.512 e. The van der Waals surface area contributed by atoms with Gasteiger partial charge in [-0.3, -0.25) is 0 Å². The molecule has 1 aromatic heterocycles. The number of hydrogen-bond donors (Lipinski definition) is 1. The Labute approximate surface area is 121 Å². The number of nitrogens with two attached hydrogens (primary N) is 1. The Morgan fingerprint density at radius 1 is 1.05 bits per heavy atom. The first-order chi connectivity index (χ1) is 9.63. The Balaban J connectivity index is 3.18. The van der Waals surface area contributed by atoms with Gasteiger partial charge in [0.2, 0.25) is 5.95 Å². The number of nitrogen functional groups attached to an aromatic ring is 1. The first kappa shape index (κ1) is 17.0. The normalized spacial score (nSPS) is 13.4. The van der Waals surface area contributed by atoms with Crippen LogP contribution in [0.2, 0.25) is 0 Å². The molecule has 1 heterocycles. The van der Waals surface area contributed by atoms with Crippen molar-refractivity contribution in [3.63, 3.8) is 0 Å². The summed E-state index contributed by atoms with van der Waals surface area (Å²) in [6.45, 7) is 9.36. The summed E-state index contributed by atoms with van der Waals surface area (Å²) in [4.78, 5) is 12.2. The molecular weight excluding hydrogens is 276 g/mol. The molecule has 0 saturated carbocycles. The summed E-state index contributed by atoms with van der Waals surface area (Å²) in [6, 6.07) is 0. The number of hydrogen-bond acceptors (Lipinski definition) is 7. The first-order valence-corrected chi connectivity index (χ1v) is 8.79. The van der Waals surface area contributed by atoms with Gasteiger partial charge in [0.1, 0.15) is 12.2 Å². The van der Waals surface area contributed by atoms with E-state index in [1.54, 1.807) is 0 Å². The molecule has 0 aromatic carbocycles. The van der Waals surface area contributed by atoms with Gasteiger partial charge in [0.05, 0.1) is 5.54 Å². The van der Waals surface area contributed by atoms with Crippen molar-refractivity contribution in [1.29, 1.82) is 0 Å². The van der Waals surface area contributed by atoms with Crippen LogP contribution in [0, 0.1) is 0 Å². The molecule has 0 aliphatic rings. The van der Waals surface area contributed by atoms with Gasteiger partial charge in [0.25, 0.3) is 0 Å². The lowest BCUT2D eigenvalue weighted by atomic mass is 10.3. The summed E-state index contributed by atoms with van der Waals surface area (Å²) in [7, 11) is -2.90. The van der Waals surface area contributed by atoms with Gasteiger partial charge in [-0.1, -0.05) is 6.92 Å². The molecular formula is C12H24N4O3Si. The molecule has 0 aliphatic carbocycles. The highest BCUT2D eigenvalue weighted by Crippen LogP contribution is 2.31. The number of rotatable bonds is 9. The fraction of sp³-hybridized carbons (Fsp3) is 0.750. The Morgan fingerprint density at radius 2 is 1.60 bits per heavy atom. The SMILES string of the molecule is CCO[Si](OCC)(OCC)C(CC)c1ncnc(N)n1. The van der Waals surface area contributed by atoms with Crippen LogP contribution in [0.25, 0.3) is 0 Å². The first-order valence-electron chi connectivity index (χ1n) is 6.99. The molecule has 1 aromatic rings. The third kappa shape index (κ3) is 3.95. The highest BCUT2D eigenvalue weighted by Gasteiger charge is 2.50. The molecule has 20 heavy (non-hydrogen) atoms. The van der Waals surface area contributed by atoms with Gasteiger partial charge in [-0.05, 0) is 27.2 Å². The van der Waals surface area contributed by atoms with Crippen molar-refractivity contribution in [3.05, 3.63) is 12.2 Å². The van der Waals surface area contributed by atoms with Crippen LogP contribution in [0.4, 0.5) is 5.95 Å². The minimum Gasteiger partial charge on any atom is -0.373 e. The zero-order valence-corrected chi connectivity index (χ0v) is 13.6. The number of anilines is 1. The Morgan fingerprint density at radius 3 is 2.00 bits per heavy atom. The minimum absolute atomic E-state index is 0.146. The van der Waals surface area contributed by atoms with Crippen LogP contribution < -0.4 is 5.73 Å². The Kier molecular flexibility index (Phi) is 7.00. The van der Waals surface area contributed by atoms with Crippen molar-refractivity contribution in [2.45, 2.75) is 39.7 Å². The second kappa shape index (κ2) is 8.25. The molecule has 1 rings (SSSR count). The van der Waals surface area contributed by atoms with Gasteiger partial charge < -0.3 is 19.0 Å². The van der Waals surface area contributed by atoms with Crippen molar-refractivity contribution < 1.29 is 13.3 Å². The van der Waals surface area contributed by atoms with Gasteiger partial charge in [-0.25, -0.2) is 9.97 Å². The van der Waals surface area contributed by atoms with Crippen molar-refractivity contribution in [2.75, 3.05) is 25.6 Å². The second-order valence-corrected chi connectivity index (χ2v) is 6.84. The van der Waals surface area contributed by atoms with Gasteiger partial charge in [0, 0.05) is 19.8 Å². The second-order valence-electron chi connectivity index (χ2n) is 4.07. The summed E-state index contributed by atoms with van der Waals surface area (Å²) in [5.74, 6) is 0.767. The average molecular weight is 300 g/mol. The van der Waals surface area contributed by atoms with E-state index in [1.807, 2.05) is 27.7 Å². The van der Waals surface area contributed by atoms with E-state index in [0.717, 1.165) is 6.42 Å². The van der Waals surface area contributed by atoms with E-state index in [0.29, 0.717) is 25.6 Å². The van der Waals surface area contributed by atoms with Crippen LogP contribution in [0.3, 0.4) is 0 Å². The molecule has 0 aliphatic heterocycles. The lowest BCUT2D eigenvalue weighted by Gasteiger charge is -2.33. The quantitative estimate of drug-likeness (QED) is 0.691. The molecule has 0 saturated heterocycles. The molecule has 1 unspecified atom stereocenters. The van der Waals surface area contributed by atoms with Gasteiger partial charge in [-0.15, -0.1) is 0 Å². The van der Waals surface area contributed by atoms with E-state index < -0.39 is 8.80 Å². The highest BCUT2D eigenvalue weighted by molar-refractivity contribution is 6.62. The van der Waals surface area contributed by atoms with Crippen molar-refractivity contribution in [2.24, 2.45) is 0 Å². The van der Waals surface area contributed by atoms with Gasteiger partial charge in [0.15, 0.2) is 0 Å². The maximum atomic E-state index is 5.91. The topological polar surface area (TPSA) is 92.4 Å². The number of aromatic nitrogens is 3. The number of nitrogens with zero attached hydrogens (tertiary/aromatic N) is 3. The summed E-state index contributed by atoms with van der Waals surface area (Å²) < 4.78 is 17.7. The fourth-order valence-electron chi connectivity index (χ4n) is 2.11. The summed E-state index contributed by atoms with van der Waals surface area (Å²) in [6.07, 6.45) is 2.15. The van der Waals surface area contributed by atoms with Crippen molar-refractivity contribution in [1.82, 2.24) is 15.0 Å². The van der Waals surface area contributed by atoms with Crippen molar-refractivity contribution in [3.8, 4) is 0 Å². The maximum absolute atomic E-state index is 5.91. The molecule has 0 radical (unpaired) electrons. The highest BCUT2D eigenvalue weighted by atomic mass is 28.4. The predicted octanol–water partition coefficient (Wildman–Crippen LogP) is 1.53. The van der Waals surface area contributed by atoms with Gasteiger partial charge >= 0.3 is 8.80 Å². The molecule has 0 bridgehead atoms. The minimum atomic E-state index is -2.90. The van der Waals surface area contributed by atoms with Crippen LogP contribution >= 0.6 is 0 Å². The van der Waals surface area contributed by atoms with Gasteiger partial charge in [-0.2, -0.15) is 4.98 Å². The predicted molar refractivity (Wildman–Crippen MR) is 77.9 cm³/mol. The van der Waals surface area contributed by atoms with E-state index in [-0.39, 0.29) is 11.5 Å². The van der Waals surface area contributed by atoms with Crippen LogP contribution in [-0.4, -0.2) is 43.6 Å². The molecule has 114 valence electrons.